The molecule has 2 heterocycles. The number of aromatic carboxylic acids is 1. The molecule has 1 N–H and O–H groups in total. The molecule has 0 radical (unpaired) electrons. The largest absolute Gasteiger partial charge is 0.478 e. The minimum absolute atomic E-state index is 0.173. The number of halogens is 2. The van der Waals surface area contributed by atoms with E-state index in [4.69, 9.17) is 27.9 Å². The van der Waals surface area contributed by atoms with Crippen LogP contribution in [0.25, 0.3) is 5.69 Å². The molecule has 0 amide bonds. The predicted molar refractivity (Wildman–Crippen MR) is 141 cm³/mol. The number of hydrogen-bond donors (Lipinski definition) is 1. The van der Waals surface area contributed by atoms with E-state index in [0.717, 1.165) is 30.6 Å². The summed E-state index contributed by atoms with van der Waals surface area (Å²) in [7, 11) is 0. The molecule has 4 atom stereocenters. The van der Waals surface area contributed by atoms with Crippen LogP contribution in [-0.2, 0) is 11.3 Å². The fourth-order valence-electron chi connectivity index (χ4n) is 6.32. The van der Waals surface area contributed by atoms with Gasteiger partial charge in [-0.25, -0.2) is 9.48 Å². The van der Waals surface area contributed by atoms with Gasteiger partial charge in [0.05, 0.1) is 40.2 Å². The number of aromatic nitrogens is 2. The van der Waals surface area contributed by atoms with Crippen LogP contribution in [0.2, 0.25) is 10.0 Å². The number of rotatable bonds is 8. The Balaban J connectivity index is 1.22. The number of hydrogen-bond acceptors (Lipinski definition) is 4. The van der Waals surface area contributed by atoms with E-state index in [1.54, 1.807) is 12.1 Å². The molecule has 0 spiro atoms. The van der Waals surface area contributed by atoms with Crippen molar-refractivity contribution in [2.45, 2.75) is 69.7 Å². The first kappa shape index (κ1) is 23.8. The first-order chi connectivity index (χ1) is 17.5. The summed E-state index contributed by atoms with van der Waals surface area (Å²) >= 11 is 13.1. The van der Waals surface area contributed by atoms with Gasteiger partial charge in [-0.15, -0.1) is 0 Å². The monoisotopic (exact) mass is 525 g/mol. The maximum Gasteiger partial charge on any atom is 0.335 e. The van der Waals surface area contributed by atoms with Crippen LogP contribution < -0.4 is 4.90 Å². The number of anilines is 1. The van der Waals surface area contributed by atoms with Crippen LogP contribution in [0, 0.1) is 5.92 Å². The lowest BCUT2D eigenvalue weighted by Gasteiger charge is -2.40. The van der Waals surface area contributed by atoms with Gasteiger partial charge >= 0.3 is 5.97 Å². The van der Waals surface area contributed by atoms with Crippen LogP contribution in [0.5, 0.6) is 0 Å². The van der Waals surface area contributed by atoms with E-state index in [1.165, 1.54) is 18.4 Å². The normalized spacial score (nSPS) is 25.0. The number of nitrogens with zero attached hydrogens (tertiary/aromatic N) is 3. The lowest BCUT2D eigenvalue weighted by Crippen LogP contribution is -2.46. The molecule has 2 bridgehead atoms. The highest BCUT2D eigenvalue weighted by Gasteiger charge is 2.51. The maximum absolute atomic E-state index is 11.3. The summed E-state index contributed by atoms with van der Waals surface area (Å²) in [6.45, 7) is 2.70. The number of carbonyl (C=O) groups is 1. The topological polar surface area (TPSA) is 67.6 Å². The average Bonchev–Trinajstić information content (AvgIpc) is 3.36. The Labute approximate surface area is 220 Å². The van der Waals surface area contributed by atoms with Gasteiger partial charge < -0.3 is 14.7 Å². The van der Waals surface area contributed by atoms with Crippen LogP contribution in [0.3, 0.4) is 0 Å². The Bertz CT molecular complexity index is 1270. The molecule has 4 unspecified atom stereocenters. The highest BCUT2D eigenvalue weighted by atomic mass is 35.5. The quantitative estimate of drug-likeness (QED) is 0.353. The van der Waals surface area contributed by atoms with Gasteiger partial charge in [0.15, 0.2) is 0 Å². The van der Waals surface area contributed by atoms with Gasteiger partial charge in [0.2, 0.25) is 0 Å². The molecule has 1 saturated heterocycles. The van der Waals surface area contributed by atoms with E-state index in [9.17, 15) is 9.90 Å². The number of fused-ring (bicyclic) bond motifs is 2. The molecule has 36 heavy (non-hydrogen) atoms. The van der Waals surface area contributed by atoms with Crippen LogP contribution in [0.4, 0.5) is 5.69 Å². The average molecular weight is 526 g/mol. The second-order valence-corrected chi connectivity index (χ2v) is 11.0. The third-order valence-electron chi connectivity index (χ3n) is 8.10. The lowest BCUT2D eigenvalue weighted by molar-refractivity contribution is -0.000564. The molecule has 2 aliphatic carbocycles. The van der Waals surface area contributed by atoms with E-state index in [1.807, 2.05) is 41.2 Å². The van der Waals surface area contributed by atoms with Gasteiger partial charge in [0.25, 0.3) is 0 Å². The molecular weight excluding hydrogens is 497 g/mol. The smallest absolute Gasteiger partial charge is 0.335 e. The predicted octanol–water partition coefficient (Wildman–Crippen LogP) is 6.72. The number of carboxylic acid groups (broad SMARTS) is 1. The van der Waals surface area contributed by atoms with Crippen LogP contribution in [-0.4, -0.2) is 39.0 Å². The summed E-state index contributed by atoms with van der Waals surface area (Å²) in [4.78, 5) is 13.8. The van der Waals surface area contributed by atoms with Crippen molar-refractivity contribution in [2.24, 2.45) is 5.92 Å². The van der Waals surface area contributed by atoms with Gasteiger partial charge in [0, 0.05) is 23.7 Å². The van der Waals surface area contributed by atoms with Crippen molar-refractivity contribution in [3.63, 3.8) is 0 Å². The minimum Gasteiger partial charge on any atom is -0.478 e. The number of benzene rings is 2. The molecule has 3 aromatic rings. The van der Waals surface area contributed by atoms with Crippen molar-refractivity contribution in [1.82, 2.24) is 9.78 Å². The first-order valence-electron chi connectivity index (χ1n) is 12.7. The van der Waals surface area contributed by atoms with Gasteiger partial charge in [-0.3, -0.25) is 0 Å². The standard InChI is InChI=1S/C28H29Cl2N3O3/c1-2-24-20-12-19(32(24)18-10-8-17(9-11-18)28(34)35)13-26(20)36-15-25-21(16-6-7-16)14-31-33(25)27-22(29)4-3-5-23(27)30/h3-5,8-11,14,16,19-20,24,26H,2,6-7,12-13,15H2,1H3,(H,34,35). The fraction of sp³-hybridized carbons (Fsp3) is 0.429. The summed E-state index contributed by atoms with van der Waals surface area (Å²) in [5.74, 6) is 0.0722. The number of carboxylic acids is 1. The molecule has 1 aromatic heterocycles. The van der Waals surface area contributed by atoms with Crippen LogP contribution in [0.15, 0.2) is 48.7 Å². The fourth-order valence-corrected chi connectivity index (χ4v) is 6.88. The molecule has 6 nitrogen and oxygen atoms in total. The zero-order valence-corrected chi connectivity index (χ0v) is 21.6. The van der Waals surface area contributed by atoms with Gasteiger partial charge in [0.1, 0.15) is 5.69 Å². The SMILES string of the molecule is CCC1C2CC(CC2OCc2c(C3CC3)cnn2-c2c(Cl)cccc2Cl)N1c1ccc(C(=O)O)cc1. The minimum atomic E-state index is -0.895. The molecule has 3 aliphatic rings. The van der Waals surface area contributed by atoms with E-state index >= 15 is 0 Å². The molecule has 6 rings (SSSR count). The Morgan fingerprint density at radius 3 is 2.47 bits per heavy atom. The van der Waals surface area contributed by atoms with Crippen molar-refractivity contribution < 1.29 is 14.6 Å². The molecule has 188 valence electrons. The summed E-state index contributed by atoms with van der Waals surface area (Å²) < 4.78 is 8.53. The molecular formula is C28H29Cl2N3O3. The Morgan fingerprint density at radius 2 is 1.83 bits per heavy atom. The van der Waals surface area contributed by atoms with Crippen LogP contribution >= 0.6 is 23.2 Å². The lowest BCUT2D eigenvalue weighted by atomic mass is 9.93. The number of ether oxygens (including phenoxy) is 1. The molecule has 8 heteroatoms. The molecule has 3 fully saturated rings. The van der Waals surface area contributed by atoms with E-state index < -0.39 is 5.97 Å². The van der Waals surface area contributed by atoms with Crippen molar-refractivity contribution in [3.8, 4) is 5.69 Å². The van der Waals surface area contributed by atoms with Crippen molar-refractivity contribution >= 4 is 34.9 Å². The van der Waals surface area contributed by atoms with E-state index in [-0.39, 0.29) is 6.10 Å². The second-order valence-electron chi connectivity index (χ2n) is 10.2. The van der Waals surface area contributed by atoms with Crippen LogP contribution in [0.1, 0.15) is 66.6 Å². The third-order valence-corrected chi connectivity index (χ3v) is 8.71. The number of piperidine rings is 1. The van der Waals surface area contributed by atoms with Gasteiger partial charge in [-0.2, -0.15) is 5.10 Å². The Hall–Kier alpha value is -2.54. The van der Waals surface area contributed by atoms with E-state index in [0.29, 0.717) is 51.8 Å². The summed E-state index contributed by atoms with van der Waals surface area (Å²) in [6.07, 6.45) is 7.55. The first-order valence-corrected chi connectivity index (χ1v) is 13.5. The van der Waals surface area contributed by atoms with Gasteiger partial charge in [-0.1, -0.05) is 36.2 Å². The highest BCUT2D eigenvalue weighted by Crippen LogP contribution is 2.48. The van der Waals surface area contributed by atoms with Crippen molar-refractivity contribution in [3.05, 3.63) is 75.5 Å². The van der Waals surface area contributed by atoms with Crippen molar-refractivity contribution in [2.75, 3.05) is 4.90 Å². The zero-order chi connectivity index (χ0) is 25.0. The van der Waals surface area contributed by atoms with Crippen molar-refractivity contribution in [1.29, 1.82) is 0 Å². The Kier molecular flexibility index (Phi) is 6.22. The zero-order valence-electron chi connectivity index (χ0n) is 20.1. The van der Waals surface area contributed by atoms with E-state index in [2.05, 4.69) is 16.9 Å². The molecule has 2 saturated carbocycles. The summed E-state index contributed by atoms with van der Waals surface area (Å²) in [5, 5.41) is 15.1. The summed E-state index contributed by atoms with van der Waals surface area (Å²) in [5.41, 5.74) is 4.41. The maximum atomic E-state index is 11.3. The Morgan fingerprint density at radius 1 is 1.11 bits per heavy atom. The van der Waals surface area contributed by atoms with Gasteiger partial charge in [-0.05, 0) is 80.0 Å². The second kappa shape index (κ2) is 9.40. The highest BCUT2D eigenvalue weighted by molar-refractivity contribution is 6.37. The summed E-state index contributed by atoms with van der Waals surface area (Å²) in [6, 6.07) is 13.6. The molecule has 1 aliphatic heterocycles. The third kappa shape index (κ3) is 4.09. The number of para-hydroxylation sites is 1. The molecule has 2 aromatic carbocycles.